The normalized spacial score (nSPS) is 17.8. The number of hydrogen-bond donors (Lipinski definition) is 0. The van der Waals surface area contributed by atoms with Gasteiger partial charge >= 0.3 is 18.4 Å². The number of pyridine rings is 1. The zero-order chi connectivity index (χ0) is 28.0. The number of hydrogen-bond acceptors (Lipinski definition) is 7. The second kappa shape index (κ2) is 9.76. The summed E-state index contributed by atoms with van der Waals surface area (Å²) in [7, 11) is 2.70. The van der Waals surface area contributed by atoms with E-state index in [1.54, 1.807) is 26.0 Å². The van der Waals surface area contributed by atoms with Crippen LogP contribution >= 0.6 is 0 Å². The van der Waals surface area contributed by atoms with E-state index in [4.69, 9.17) is 4.74 Å². The van der Waals surface area contributed by atoms with Gasteiger partial charge in [-0.1, -0.05) is 5.10 Å². The Bertz CT molecular complexity index is 1310. The average Bonchev–Trinajstić information content (AvgIpc) is 3.26. The van der Waals surface area contributed by atoms with Crippen molar-refractivity contribution in [2.75, 3.05) is 16.9 Å². The second-order valence-electron chi connectivity index (χ2n) is 8.92. The molecule has 0 radical (unpaired) electrons. The lowest BCUT2D eigenvalue weighted by atomic mass is 9.94. The fraction of sp³-hybridized carbons (Fsp3) is 0.435. The predicted molar refractivity (Wildman–Crippen MR) is 122 cm³/mol. The number of carbonyl (C=O) groups excluding carboxylic acids is 1. The van der Waals surface area contributed by atoms with Gasteiger partial charge in [0.15, 0.2) is 0 Å². The molecule has 9 nitrogen and oxygen atoms in total. The molecule has 2 atom stereocenters. The molecule has 15 heteroatoms. The van der Waals surface area contributed by atoms with Crippen molar-refractivity contribution in [1.29, 1.82) is 0 Å². The summed E-state index contributed by atoms with van der Waals surface area (Å²) in [6.45, 7) is 3.02. The number of halogens is 6. The molecule has 1 aliphatic rings. The Hall–Kier alpha value is -3.91. The summed E-state index contributed by atoms with van der Waals surface area (Å²) >= 11 is 0. The second-order valence-corrected chi connectivity index (χ2v) is 8.92. The molecule has 38 heavy (non-hydrogen) atoms. The van der Waals surface area contributed by atoms with Crippen LogP contribution in [0.15, 0.2) is 30.3 Å². The van der Waals surface area contributed by atoms with E-state index in [1.807, 2.05) is 0 Å². The number of carbonyl (C=O) groups is 1. The number of rotatable bonds is 4. The maximum Gasteiger partial charge on any atom is 0.416 e. The van der Waals surface area contributed by atoms with Gasteiger partial charge in [0.1, 0.15) is 0 Å². The van der Waals surface area contributed by atoms with Crippen LogP contribution in [0.5, 0.6) is 0 Å². The van der Waals surface area contributed by atoms with Crippen molar-refractivity contribution in [3.63, 3.8) is 0 Å². The summed E-state index contributed by atoms with van der Waals surface area (Å²) in [5.41, 5.74) is -1.80. The van der Waals surface area contributed by atoms with Gasteiger partial charge in [0, 0.05) is 18.3 Å². The molecule has 0 N–H and O–H groups in total. The Kier molecular flexibility index (Phi) is 6.97. The molecule has 1 aromatic carbocycles. The SMILES string of the molecule is COC(=O)N1c2ccc(C)nc2[C@@H](N(Cc2cc(C(F)(F)F)cc(C(F)(F)F)c2)c2nnn(C)n2)C[C@H]1C. The number of fused-ring (bicyclic) bond motifs is 1. The lowest BCUT2D eigenvalue weighted by molar-refractivity contribution is -0.143. The molecule has 4 rings (SSSR count). The van der Waals surface area contributed by atoms with Crippen molar-refractivity contribution >= 4 is 17.7 Å². The van der Waals surface area contributed by atoms with Crippen molar-refractivity contribution in [2.45, 2.75) is 51.2 Å². The van der Waals surface area contributed by atoms with E-state index >= 15 is 0 Å². The third kappa shape index (κ3) is 5.36. The van der Waals surface area contributed by atoms with Crippen molar-refractivity contribution in [3.8, 4) is 0 Å². The lowest BCUT2D eigenvalue weighted by Crippen LogP contribution is -2.47. The van der Waals surface area contributed by atoms with Crippen LogP contribution in [0, 0.1) is 6.92 Å². The topological polar surface area (TPSA) is 89.3 Å². The minimum absolute atomic E-state index is 0.0311. The summed E-state index contributed by atoms with van der Waals surface area (Å²) in [5, 5.41) is 11.9. The molecule has 0 bridgehead atoms. The van der Waals surface area contributed by atoms with Crippen molar-refractivity contribution < 1.29 is 35.9 Å². The molecule has 0 aliphatic carbocycles. The predicted octanol–water partition coefficient (Wildman–Crippen LogP) is 5.06. The van der Waals surface area contributed by atoms with Gasteiger partial charge in [0.25, 0.3) is 5.95 Å². The van der Waals surface area contributed by atoms with Gasteiger partial charge in [-0.15, -0.1) is 5.10 Å². The van der Waals surface area contributed by atoms with E-state index in [0.717, 1.165) is 4.80 Å². The monoisotopic (exact) mass is 543 g/mol. The van der Waals surface area contributed by atoms with Crippen LogP contribution in [0.2, 0.25) is 0 Å². The highest BCUT2D eigenvalue weighted by Crippen LogP contribution is 2.42. The summed E-state index contributed by atoms with van der Waals surface area (Å²) in [5.74, 6) is -0.0311. The van der Waals surface area contributed by atoms with Gasteiger partial charge in [-0.3, -0.25) is 9.88 Å². The van der Waals surface area contributed by atoms with Crippen molar-refractivity contribution in [2.24, 2.45) is 7.05 Å². The smallest absolute Gasteiger partial charge is 0.416 e. The Morgan fingerprint density at radius 3 is 2.26 bits per heavy atom. The molecule has 0 saturated carbocycles. The number of aryl methyl sites for hydroxylation is 2. The molecule has 3 heterocycles. The van der Waals surface area contributed by atoms with E-state index in [1.165, 1.54) is 24.0 Å². The van der Waals surface area contributed by atoms with Gasteiger partial charge < -0.3 is 9.64 Å². The molecule has 0 unspecified atom stereocenters. The number of amides is 1. The maximum absolute atomic E-state index is 13.5. The van der Waals surface area contributed by atoms with E-state index in [-0.39, 0.29) is 24.0 Å². The Labute approximate surface area is 213 Å². The number of nitrogens with zero attached hydrogens (tertiary/aromatic N) is 7. The first-order valence-corrected chi connectivity index (χ1v) is 11.3. The van der Waals surface area contributed by atoms with Crippen LogP contribution in [0.4, 0.5) is 42.8 Å². The first kappa shape index (κ1) is 27.1. The number of tetrazole rings is 1. The number of methoxy groups -OCH3 is 1. The Balaban J connectivity index is 1.87. The lowest BCUT2D eigenvalue weighted by Gasteiger charge is -2.41. The average molecular weight is 543 g/mol. The van der Waals surface area contributed by atoms with Crippen LogP contribution < -0.4 is 9.80 Å². The fourth-order valence-electron chi connectivity index (χ4n) is 4.46. The summed E-state index contributed by atoms with van der Waals surface area (Å²) in [6.07, 6.45) is -10.4. The summed E-state index contributed by atoms with van der Waals surface area (Å²) in [6, 6.07) is 3.53. The number of aromatic nitrogens is 5. The maximum atomic E-state index is 13.5. The zero-order valence-corrected chi connectivity index (χ0v) is 20.7. The highest BCUT2D eigenvalue weighted by Gasteiger charge is 2.41. The molecular formula is C23H23F6N7O2. The molecule has 2 aromatic heterocycles. The summed E-state index contributed by atoms with van der Waals surface area (Å²) in [4.78, 5) is 21.1. The molecule has 0 saturated heterocycles. The van der Waals surface area contributed by atoms with Crippen LogP contribution in [-0.4, -0.2) is 44.4 Å². The first-order valence-electron chi connectivity index (χ1n) is 11.3. The van der Waals surface area contributed by atoms with Crippen LogP contribution in [-0.2, 0) is 30.7 Å². The number of alkyl halides is 6. The quantitative estimate of drug-likeness (QED) is 0.425. The molecule has 0 fully saturated rings. The highest BCUT2D eigenvalue weighted by atomic mass is 19.4. The van der Waals surface area contributed by atoms with Gasteiger partial charge in [0.05, 0.1) is 42.7 Å². The molecular weight excluding hydrogens is 520 g/mol. The third-order valence-electron chi connectivity index (χ3n) is 6.12. The van der Waals surface area contributed by atoms with E-state index in [9.17, 15) is 31.1 Å². The minimum atomic E-state index is -5.00. The van der Waals surface area contributed by atoms with Gasteiger partial charge in [-0.25, -0.2) is 4.79 Å². The third-order valence-corrected chi connectivity index (χ3v) is 6.12. The zero-order valence-electron chi connectivity index (χ0n) is 20.7. The number of ether oxygens (including phenoxy) is 1. The Morgan fingerprint density at radius 2 is 1.74 bits per heavy atom. The minimum Gasteiger partial charge on any atom is -0.452 e. The molecule has 3 aromatic rings. The van der Waals surface area contributed by atoms with Crippen LogP contribution in [0.3, 0.4) is 0 Å². The standard InChI is InChI=1S/C23H23F6N7O2/c1-12-5-6-17-19(30-12)18(7-13(2)36(17)21(37)38-4)35(20-31-33-34(3)32-20)11-14-8-15(22(24,25)26)10-16(9-14)23(27,28)29/h5-6,8-10,13,18H,7,11H2,1-4H3/t13-,18+/m1/s1. The van der Waals surface area contributed by atoms with Crippen molar-refractivity contribution in [1.82, 2.24) is 25.2 Å². The Morgan fingerprint density at radius 1 is 1.11 bits per heavy atom. The highest BCUT2D eigenvalue weighted by molar-refractivity contribution is 5.90. The number of anilines is 2. The van der Waals surface area contributed by atoms with E-state index in [0.29, 0.717) is 29.2 Å². The van der Waals surface area contributed by atoms with Gasteiger partial charge in [-0.05, 0) is 61.4 Å². The molecule has 204 valence electrons. The van der Waals surface area contributed by atoms with Gasteiger partial charge in [-0.2, -0.15) is 31.1 Å². The fourth-order valence-corrected chi connectivity index (χ4v) is 4.46. The first-order chi connectivity index (χ1) is 17.7. The van der Waals surface area contributed by atoms with E-state index in [2.05, 4.69) is 20.4 Å². The largest absolute Gasteiger partial charge is 0.452 e. The van der Waals surface area contributed by atoms with Crippen LogP contribution in [0.25, 0.3) is 0 Å². The number of benzene rings is 1. The molecule has 1 aliphatic heterocycles. The molecule has 0 spiro atoms. The van der Waals surface area contributed by atoms with E-state index < -0.39 is 48.2 Å². The summed E-state index contributed by atoms with van der Waals surface area (Å²) < 4.78 is 86.0. The molecule has 1 amide bonds. The van der Waals surface area contributed by atoms with Crippen LogP contribution in [0.1, 0.15) is 47.5 Å². The van der Waals surface area contributed by atoms with Crippen molar-refractivity contribution in [3.05, 3.63) is 58.4 Å². The van der Waals surface area contributed by atoms with Gasteiger partial charge in [0.2, 0.25) is 0 Å².